The second-order valence-electron chi connectivity index (χ2n) is 6.08. The molecule has 1 amide bonds. The predicted molar refractivity (Wildman–Crippen MR) is 100 cm³/mol. The average Bonchev–Trinajstić information content (AvgIpc) is 3.19. The number of benzene rings is 2. The molecule has 0 aliphatic carbocycles. The molecule has 1 N–H and O–H groups in total. The number of fused-ring (bicyclic) bond motifs is 1. The highest BCUT2D eigenvalue weighted by Gasteiger charge is 2.28. The van der Waals surface area contributed by atoms with Gasteiger partial charge in [-0.15, -0.1) is 0 Å². The number of nitrogens with zero attached hydrogens (tertiary/aromatic N) is 2. The third-order valence-electron chi connectivity index (χ3n) is 4.31. The Kier molecular flexibility index (Phi) is 4.49. The fourth-order valence-electron chi connectivity index (χ4n) is 2.98. The van der Waals surface area contributed by atoms with Gasteiger partial charge in [0.25, 0.3) is 5.91 Å². The van der Waals surface area contributed by atoms with Crippen molar-refractivity contribution < 1.29 is 18.1 Å². The van der Waals surface area contributed by atoms with Gasteiger partial charge in [-0.25, -0.2) is 9.07 Å². The minimum Gasteiger partial charge on any atom is -0.497 e. The van der Waals surface area contributed by atoms with Crippen LogP contribution in [0, 0.1) is 5.82 Å². The minimum absolute atomic E-state index is 0.199. The summed E-state index contributed by atoms with van der Waals surface area (Å²) < 4.78 is 32.1. The standard InChI is InChI=1S/C19H16FN3O3S/c1-26-15-7-5-14(6-8-15)23-18(16-10-27(25)11-17(16)22-23)21-19(24)12-3-2-4-13(20)9-12/h2-9H,10-11H2,1H3,(H,21,24)/t27-/m1/s1. The Morgan fingerprint density at radius 2 is 2.00 bits per heavy atom. The van der Waals surface area contributed by atoms with Crippen LogP contribution in [0.25, 0.3) is 5.69 Å². The van der Waals surface area contributed by atoms with Gasteiger partial charge < -0.3 is 10.1 Å². The summed E-state index contributed by atoms with van der Waals surface area (Å²) in [7, 11) is 0.542. The molecular formula is C19H16FN3O3S. The number of hydrogen-bond donors (Lipinski definition) is 1. The molecule has 6 nitrogen and oxygen atoms in total. The first-order valence-electron chi connectivity index (χ1n) is 8.22. The van der Waals surface area contributed by atoms with Crippen molar-refractivity contribution in [1.29, 1.82) is 0 Å². The van der Waals surface area contributed by atoms with Gasteiger partial charge in [-0.2, -0.15) is 5.10 Å². The molecule has 1 aliphatic rings. The van der Waals surface area contributed by atoms with Crippen molar-refractivity contribution in [2.45, 2.75) is 11.5 Å². The lowest BCUT2D eigenvalue weighted by Crippen LogP contribution is -2.16. The summed E-state index contributed by atoms with van der Waals surface area (Å²) in [5, 5.41) is 7.34. The van der Waals surface area contributed by atoms with Crippen LogP contribution in [0.4, 0.5) is 10.2 Å². The fraction of sp³-hybridized carbons (Fsp3) is 0.158. The molecule has 0 radical (unpaired) electrons. The molecule has 4 rings (SSSR count). The first-order valence-corrected chi connectivity index (χ1v) is 9.71. The molecular weight excluding hydrogens is 369 g/mol. The third kappa shape index (κ3) is 3.35. The Morgan fingerprint density at radius 1 is 1.22 bits per heavy atom. The SMILES string of the molecule is COc1ccc(-n2nc3c(c2NC(=O)c2cccc(F)c2)C[S@@](=O)C3)cc1. The van der Waals surface area contributed by atoms with E-state index in [1.807, 2.05) is 12.1 Å². The highest BCUT2D eigenvalue weighted by molar-refractivity contribution is 7.83. The highest BCUT2D eigenvalue weighted by atomic mass is 32.2. The van der Waals surface area contributed by atoms with Crippen molar-refractivity contribution >= 4 is 22.5 Å². The van der Waals surface area contributed by atoms with Crippen LogP contribution in [-0.2, 0) is 22.3 Å². The quantitative estimate of drug-likeness (QED) is 0.749. The number of ether oxygens (including phenoxy) is 1. The summed E-state index contributed by atoms with van der Waals surface area (Å²) in [5.41, 5.74) is 2.36. The van der Waals surface area contributed by atoms with Gasteiger partial charge in [0.1, 0.15) is 17.4 Å². The van der Waals surface area contributed by atoms with Crippen molar-refractivity contribution in [3.8, 4) is 11.4 Å². The van der Waals surface area contributed by atoms with Gasteiger partial charge in [-0.05, 0) is 42.5 Å². The van der Waals surface area contributed by atoms with Crippen LogP contribution in [0.2, 0.25) is 0 Å². The summed E-state index contributed by atoms with van der Waals surface area (Å²) in [6, 6.07) is 12.7. The van der Waals surface area contributed by atoms with Gasteiger partial charge >= 0.3 is 0 Å². The van der Waals surface area contributed by atoms with Crippen molar-refractivity contribution in [3.63, 3.8) is 0 Å². The molecule has 1 atom stereocenters. The van der Waals surface area contributed by atoms with Crippen molar-refractivity contribution in [2.75, 3.05) is 12.4 Å². The summed E-state index contributed by atoms with van der Waals surface area (Å²) in [4.78, 5) is 12.6. The molecule has 1 aromatic heterocycles. The molecule has 0 saturated heterocycles. The Morgan fingerprint density at radius 3 is 2.70 bits per heavy atom. The van der Waals surface area contributed by atoms with E-state index in [4.69, 9.17) is 4.74 Å². The van der Waals surface area contributed by atoms with Crippen molar-refractivity contribution in [2.24, 2.45) is 0 Å². The van der Waals surface area contributed by atoms with E-state index < -0.39 is 22.5 Å². The zero-order valence-electron chi connectivity index (χ0n) is 14.4. The molecule has 138 valence electrons. The Hall–Kier alpha value is -3.00. The van der Waals surface area contributed by atoms with Gasteiger partial charge in [0.05, 0.1) is 30.0 Å². The molecule has 2 heterocycles. The van der Waals surface area contributed by atoms with E-state index in [0.717, 1.165) is 11.3 Å². The molecule has 1 aliphatic heterocycles. The summed E-state index contributed by atoms with van der Waals surface area (Å²) in [6.45, 7) is 0. The summed E-state index contributed by atoms with van der Waals surface area (Å²) >= 11 is 0. The van der Waals surface area contributed by atoms with Crippen LogP contribution in [0.15, 0.2) is 48.5 Å². The van der Waals surface area contributed by atoms with Crippen LogP contribution in [0.5, 0.6) is 5.75 Å². The molecule has 2 aromatic carbocycles. The van der Waals surface area contributed by atoms with E-state index in [2.05, 4.69) is 10.4 Å². The maximum atomic E-state index is 13.4. The number of aromatic nitrogens is 2. The van der Waals surface area contributed by atoms with Crippen LogP contribution < -0.4 is 10.1 Å². The minimum atomic E-state index is -1.04. The maximum Gasteiger partial charge on any atom is 0.256 e. The number of nitrogens with one attached hydrogen (secondary N) is 1. The van der Waals surface area contributed by atoms with Gasteiger partial charge in [0.15, 0.2) is 0 Å². The van der Waals surface area contributed by atoms with Gasteiger partial charge in [0, 0.05) is 21.9 Å². The Labute approximate surface area is 157 Å². The van der Waals surface area contributed by atoms with E-state index in [1.165, 1.54) is 24.3 Å². The largest absolute Gasteiger partial charge is 0.497 e. The molecule has 0 bridgehead atoms. The number of anilines is 1. The lowest BCUT2D eigenvalue weighted by Gasteiger charge is -2.11. The smallest absolute Gasteiger partial charge is 0.256 e. The molecule has 0 fully saturated rings. The highest BCUT2D eigenvalue weighted by Crippen LogP contribution is 2.32. The van der Waals surface area contributed by atoms with E-state index in [9.17, 15) is 13.4 Å². The van der Waals surface area contributed by atoms with E-state index in [1.54, 1.807) is 23.9 Å². The van der Waals surface area contributed by atoms with Crippen molar-refractivity contribution in [3.05, 3.63) is 71.2 Å². The van der Waals surface area contributed by atoms with Crippen LogP contribution in [0.3, 0.4) is 0 Å². The Bertz CT molecular complexity index is 1050. The predicted octanol–water partition coefficient (Wildman–Crippen LogP) is 3.03. The fourth-order valence-corrected chi connectivity index (χ4v) is 4.24. The zero-order chi connectivity index (χ0) is 19.0. The number of amides is 1. The number of carbonyl (C=O) groups is 1. The molecule has 0 unspecified atom stereocenters. The first-order chi connectivity index (χ1) is 13.0. The first kappa shape index (κ1) is 17.4. The van der Waals surface area contributed by atoms with Gasteiger partial charge in [-0.3, -0.25) is 9.00 Å². The number of hydrogen-bond acceptors (Lipinski definition) is 4. The van der Waals surface area contributed by atoms with Crippen LogP contribution in [0.1, 0.15) is 21.6 Å². The van der Waals surface area contributed by atoms with Crippen LogP contribution >= 0.6 is 0 Å². The maximum absolute atomic E-state index is 13.4. The normalized spacial score (nSPS) is 15.4. The number of halogens is 1. The number of carbonyl (C=O) groups excluding carboxylic acids is 1. The number of methoxy groups -OCH3 is 1. The van der Waals surface area contributed by atoms with Gasteiger partial charge in [0.2, 0.25) is 0 Å². The van der Waals surface area contributed by atoms with E-state index in [-0.39, 0.29) is 5.56 Å². The lowest BCUT2D eigenvalue weighted by molar-refractivity contribution is 0.102. The topological polar surface area (TPSA) is 73.2 Å². The Balaban J connectivity index is 1.74. The second-order valence-corrected chi connectivity index (χ2v) is 7.53. The van der Waals surface area contributed by atoms with Gasteiger partial charge in [-0.1, -0.05) is 6.07 Å². The summed E-state index contributed by atoms with van der Waals surface area (Å²) in [6.07, 6.45) is 0. The molecule has 0 saturated carbocycles. The summed E-state index contributed by atoms with van der Waals surface area (Å²) in [5.74, 6) is 0.883. The molecule has 27 heavy (non-hydrogen) atoms. The third-order valence-corrected chi connectivity index (χ3v) is 5.51. The second kappa shape index (κ2) is 6.96. The number of rotatable bonds is 4. The molecule has 8 heteroatoms. The molecule has 3 aromatic rings. The van der Waals surface area contributed by atoms with Crippen molar-refractivity contribution in [1.82, 2.24) is 9.78 Å². The lowest BCUT2D eigenvalue weighted by atomic mass is 10.2. The molecule has 0 spiro atoms. The monoisotopic (exact) mass is 385 g/mol. The van der Waals surface area contributed by atoms with Crippen LogP contribution in [-0.4, -0.2) is 27.0 Å². The zero-order valence-corrected chi connectivity index (χ0v) is 15.3. The van der Waals surface area contributed by atoms with E-state index >= 15 is 0 Å². The van der Waals surface area contributed by atoms with E-state index in [0.29, 0.717) is 28.8 Å². The average molecular weight is 385 g/mol.